The van der Waals surface area contributed by atoms with Crippen molar-refractivity contribution in [1.29, 1.82) is 0 Å². The van der Waals surface area contributed by atoms with Crippen LogP contribution in [0.1, 0.15) is 46.1 Å². The Labute approximate surface area is 127 Å². The quantitative estimate of drug-likeness (QED) is 0.650. The number of amides is 1. The van der Waals surface area contributed by atoms with Crippen LogP contribution < -0.4 is 16.0 Å². The first-order valence-electron chi connectivity index (χ1n) is 7.75. The van der Waals surface area contributed by atoms with Gasteiger partial charge in [0, 0.05) is 18.7 Å². The maximum atomic E-state index is 11.9. The van der Waals surface area contributed by atoms with Gasteiger partial charge in [0.2, 0.25) is 5.91 Å². The van der Waals surface area contributed by atoms with Crippen LogP contribution in [-0.4, -0.2) is 35.0 Å². The molecule has 1 heterocycles. The Morgan fingerprint density at radius 1 is 1.14 bits per heavy atom. The molecule has 1 rings (SSSR count). The summed E-state index contributed by atoms with van der Waals surface area (Å²) in [4.78, 5) is 20.5. The molecule has 1 atom stereocenters. The van der Waals surface area contributed by atoms with Crippen molar-refractivity contribution in [3.63, 3.8) is 0 Å². The molecule has 0 saturated heterocycles. The molecule has 6 nitrogen and oxygen atoms in total. The third-order valence-electron chi connectivity index (χ3n) is 3.14. The summed E-state index contributed by atoms with van der Waals surface area (Å²) >= 11 is 0. The fraction of sp³-hybridized carbons (Fsp3) is 0.667. The Kier molecular flexibility index (Phi) is 7.50. The van der Waals surface area contributed by atoms with Crippen LogP contribution in [0.15, 0.2) is 6.33 Å². The van der Waals surface area contributed by atoms with Crippen molar-refractivity contribution in [1.82, 2.24) is 15.3 Å². The van der Waals surface area contributed by atoms with Crippen LogP contribution in [0, 0.1) is 0 Å². The molecule has 0 spiro atoms. The third-order valence-corrected chi connectivity index (χ3v) is 3.14. The number of carbonyl (C=O) groups excluding carboxylic acids is 1. The molecule has 0 radical (unpaired) electrons. The molecule has 1 aromatic heterocycles. The van der Waals surface area contributed by atoms with Gasteiger partial charge in [0.25, 0.3) is 0 Å². The minimum absolute atomic E-state index is 0.0133. The van der Waals surface area contributed by atoms with Gasteiger partial charge in [-0.15, -0.1) is 0 Å². The van der Waals surface area contributed by atoms with Crippen molar-refractivity contribution < 1.29 is 4.79 Å². The molecule has 118 valence electrons. The van der Waals surface area contributed by atoms with Gasteiger partial charge in [-0.1, -0.05) is 20.8 Å². The second-order valence-corrected chi connectivity index (χ2v) is 4.99. The number of aromatic nitrogens is 2. The molecule has 0 saturated carbocycles. The van der Waals surface area contributed by atoms with E-state index in [1.807, 2.05) is 13.8 Å². The second kappa shape index (κ2) is 9.15. The molecular weight excluding hydrogens is 266 g/mol. The maximum absolute atomic E-state index is 11.9. The molecule has 21 heavy (non-hydrogen) atoms. The van der Waals surface area contributed by atoms with Gasteiger partial charge in [-0.2, -0.15) is 0 Å². The number of hydrogen-bond acceptors (Lipinski definition) is 5. The van der Waals surface area contributed by atoms with Gasteiger partial charge in [0.1, 0.15) is 24.0 Å². The van der Waals surface area contributed by atoms with Gasteiger partial charge >= 0.3 is 0 Å². The van der Waals surface area contributed by atoms with E-state index in [2.05, 4.69) is 39.8 Å². The van der Waals surface area contributed by atoms with Crippen LogP contribution in [0.2, 0.25) is 0 Å². The molecule has 0 aromatic carbocycles. The molecule has 1 unspecified atom stereocenters. The number of hydrogen-bond donors (Lipinski definition) is 3. The summed E-state index contributed by atoms with van der Waals surface area (Å²) in [5, 5.41) is 9.36. The average Bonchev–Trinajstić information content (AvgIpc) is 2.50. The molecule has 0 aliphatic rings. The lowest BCUT2D eigenvalue weighted by Gasteiger charge is -2.18. The molecule has 0 bridgehead atoms. The lowest BCUT2D eigenvalue weighted by molar-refractivity contribution is -0.121. The van der Waals surface area contributed by atoms with E-state index in [0.717, 1.165) is 43.0 Å². The highest BCUT2D eigenvalue weighted by molar-refractivity contribution is 5.84. The van der Waals surface area contributed by atoms with E-state index in [4.69, 9.17) is 0 Å². The van der Waals surface area contributed by atoms with Gasteiger partial charge < -0.3 is 16.0 Å². The number of rotatable bonds is 9. The first-order chi connectivity index (χ1) is 10.1. The van der Waals surface area contributed by atoms with Crippen LogP contribution >= 0.6 is 0 Å². The van der Waals surface area contributed by atoms with Crippen molar-refractivity contribution in [2.75, 3.05) is 23.7 Å². The van der Waals surface area contributed by atoms with Crippen molar-refractivity contribution >= 4 is 17.5 Å². The van der Waals surface area contributed by atoms with Crippen LogP contribution in [0.25, 0.3) is 0 Å². The van der Waals surface area contributed by atoms with E-state index in [1.54, 1.807) is 0 Å². The first-order valence-corrected chi connectivity index (χ1v) is 7.75. The standard InChI is InChI=1S/C15H27N5O/c1-5-8-16-13-12(7-3)14(19-10-18-13)20-11(4)15(21)17-9-6-2/h10-11H,5-9H2,1-4H3,(H,17,21)(H2,16,18,19,20). The van der Waals surface area contributed by atoms with Crippen LogP contribution in [0.3, 0.4) is 0 Å². The number of anilines is 2. The Hall–Kier alpha value is -1.85. The summed E-state index contributed by atoms with van der Waals surface area (Å²) in [6.45, 7) is 9.60. The largest absolute Gasteiger partial charge is 0.370 e. The topological polar surface area (TPSA) is 78.9 Å². The predicted octanol–water partition coefficient (Wildman–Crippen LogP) is 2.19. The highest BCUT2D eigenvalue weighted by Gasteiger charge is 2.16. The minimum atomic E-state index is -0.323. The molecule has 0 fully saturated rings. The molecule has 0 aliphatic carbocycles. The summed E-state index contributed by atoms with van der Waals surface area (Å²) in [5.74, 6) is 1.56. The monoisotopic (exact) mass is 293 g/mol. The molecule has 1 amide bonds. The predicted molar refractivity (Wildman–Crippen MR) is 86.6 cm³/mol. The number of carbonyl (C=O) groups is 1. The lowest BCUT2D eigenvalue weighted by Crippen LogP contribution is -2.38. The summed E-state index contributed by atoms with van der Waals surface area (Å²) < 4.78 is 0. The van der Waals surface area contributed by atoms with E-state index in [-0.39, 0.29) is 11.9 Å². The minimum Gasteiger partial charge on any atom is -0.370 e. The molecule has 3 N–H and O–H groups in total. The van der Waals surface area contributed by atoms with E-state index in [1.165, 1.54) is 6.33 Å². The van der Waals surface area contributed by atoms with E-state index in [0.29, 0.717) is 6.54 Å². The van der Waals surface area contributed by atoms with E-state index < -0.39 is 0 Å². The van der Waals surface area contributed by atoms with Gasteiger partial charge in [0.05, 0.1) is 0 Å². The summed E-state index contributed by atoms with van der Waals surface area (Å²) in [5.41, 5.74) is 1.01. The second-order valence-electron chi connectivity index (χ2n) is 4.99. The first kappa shape index (κ1) is 17.2. The summed E-state index contributed by atoms with van der Waals surface area (Å²) in [7, 11) is 0. The highest BCUT2D eigenvalue weighted by Crippen LogP contribution is 2.21. The normalized spacial score (nSPS) is 11.8. The molecule has 6 heteroatoms. The fourth-order valence-corrected chi connectivity index (χ4v) is 1.94. The van der Waals surface area contributed by atoms with Crippen molar-refractivity contribution in [2.24, 2.45) is 0 Å². The number of nitrogens with one attached hydrogen (secondary N) is 3. The Balaban J connectivity index is 2.79. The van der Waals surface area contributed by atoms with E-state index in [9.17, 15) is 4.79 Å². The summed E-state index contributed by atoms with van der Waals surface area (Å²) in [6, 6.07) is -0.323. The van der Waals surface area contributed by atoms with Gasteiger partial charge in [-0.25, -0.2) is 9.97 Å². The van der Waals surface area contributed by atoms with Crippen LogP contribution in [-0.2, 0) is 11.2 Å². The third kappa shape index (κ3) is 5.21. The van der Waals surface area contributed by atoms with Gasteiger partial charge in [0.15, 0.2) is 0 Å². The molecule has 0 aliphatic heterocycles. The molecule has 1 aromatic rings. The average molecular weight is 293 g/mol. The van der Waals surface area contributed by atoms with E-state index >= 15 is 0 Å². The zero-order valence-electron chi connectivity index (χ0n) is 13.5. The van der Waals surface area contributed by atoms with Gasteiger partial charge in [-0.3, -0.25) is 4.79 Å². The smallest absolute Gasteiger partial charge is 0.242 e. The maximum Gasteiger partial charge on any atom is 0.242 e. The zero-order chi connectivity index (χ0) is 15.7. The van der Waals surface area contributed by atoms with Crippen LogP contribution in [0.5, 0.6) is 0 Å². The zero-order valence-corrected chi connectivity index (χ0v) is 13.5. The Morgan fingerprint density at radius 2 is 1.81 bits per heavy atom. The van der Waals surface area contributed by atoms with Crippen molar-refractivity contribution in [3.8, 4) is 0 Å². The SMILES string of the molecule is CCCNC(=O)C(C)Nc1ncnc(NCCC)c1CC. The van der Waals surface area contributed by atoms with Crippen molar-refractivity contribution in [2.45, 2.75) is 53.0 Å². The highest BCUT2D eigenvalue weighted by atomic mass is 16.2. The van der Waals surface area contributed by atoms with Gasteiger partial charge in [-0.05, 0) is 26.2 Å². The van der Waals surface area contributed by atoms with Crippen molar-refractivity contribution in [3.05, 3.63) is 11.9 Å². The Morgan fingerprint density at radius 3 is 2.43 bits per heavy atom. The van der Waals surface area contributed by atoms with Crippen LogP contribution in [0.4, 0.5) is 11.6 Å². The number of nitrogens with zero attached hydrogens (tertiary/aromatic N) is 2. The molecular formula is C15H27N5O. The lowest BCUT2D eigenvalue weighted by atomic mass is 10.2. The fourth-order valence-electron chi connectivity index (χ4n) is 1.94. The summed E-state index contributed by atoms with van der Waals surface area (Å²) in [6.07, 6.45) is 4.29. The Bertz CT molecular complexity index is 450.